The lowest BCUT2D eigenvalue weighted by Crippen LogP contribution is -1.98. The smallest absolute Gasteiger partial charge is 0.335 e. The molecule has 1 heterocycles. The Hall–Kier alpha value is -3.53. The van der Waals surface area contributed by atoms with Gasteiger partial charge in [-0.1, -0.05) is 30.3 Å². The van der Waals surface area contributed by atoms with Crippen molar-refractivity contribution in [3.05, 3.63) is 96.2 Å². The molecule has 3 aromatic carbocycles. The number of hydrogen-bond acceptors (Lipinski definition) is 2. The molecule has 4 rings (SSSR count). The lowest BCUT2D eigenvalue weighted by Gasteiger charge is -2.08. The van der Waals surface area contributed by atoms with Crippen molar-refractivity contribution < 1.29 is 14.6 Å². The normalized spacial score (nSPS) is 10.8. The zero-order valence-corrected chi connectivity index (χ0v) is 14.0. The van der Waals surface area contributed by atoms with Gasteiger partial charge in [-0.3, -0.25) is 0 Å². The Bertz CT molecular complexity index is 1050. The van der Waals surface area contributed by atoms with Crippen LogP contribution in [0.1, 0.15) is 15.9 Å². The molecule has 4 aromatic rings. The molecule has 1 aromatic heterocycles. The highest BCUT2D eigenvalue weighted by molar-refractivity contribution is 5.88. The summed E-state index contributed by atoms with van der Waals surface area (Å²) in [6, 6.07) is 24.9. The van der Waals surface area contributed by atoms with E-state index in [1.807, 2.05) is 77.5 Å². The van der Waals surface area contributed by atoms with E-state index < -0.39 is 5.97 Å². The molecule has 4 nitrogen and oxygen atoms in total. The first-order valence-corrected chi connectivity index (χ1v) is 8.32. The Labute approximate surface area is 150 Å². The Morgan fingerprint density at radius 2 is 1.69 bits per heavy atom. The minimum Gasteiger partial charge on any atom is -0.489 e. The van der Waals surface area contributed by atoms with Gasteiger partial charge in [-0.05, 0) is 54.1 Å². The number of ether oxygens (including phenoxy) is 1. The third-order valence-electron chi connectivity index (χ3n) is 4.30. The van der Waals surface area contributed by atoms with Crippen molar-refractivity contribution in [1.82, 2.24) is 4.57 Å². The fraction of sp³-hybridized carbons (Fsp3) is 0.0455. The van der Waals surface area contributed by atoms with Gasteiger partial charge < -0.3 is 14.4 Å². The van der Waals surface area contributed by atoms with Gasteiger partial charge in [0.2, 0.25) is 0 Å². The molecule has 4 heteroatoms. The summed E-state index contributed by atoms with van der Waals surface area (Å²) in [5.74, 6) is -0.102. The van der Waals surface area contributed by atoms with Crippen LogP contribution in [0.5, 0.6) is 5.75 Å². The first kappa shape index (κ1) is 16.0. The number of carboxylic acid groups (broad SMARTS) is 1. The van der Waals surface area contributed by atoms with Crippen molar-refractivity contribution in [1.29, 1.82) is 0 Å². The van der Waals surface area contributed by atoms with E-state index in [1.54, 1.807) is 12.1 Å². The quantitative estimate of drug-likeness (QED) is 0.560. The Morgan fingerprint density at radius 1 is 0.923 bits per heavy atom. The van der Waals surface area contributed by atoms with Crippen LogP contribution in [-0.2, 0) is 6.61 Å². The van der Waals surface area contributed by atoms with Gasteiger partial charge in [0.15, 0.2) is 0 Å². The zero-order chi connectivity index (χ0) is 17.9. The second kappa shape index (κ2) is 6.76. The SMILES string of the molecule is O=C(O)c1ccc(-n2ccc3cc(OCc4ccccc4)ccc32)cc1. The minimum atomic E-state index is -0.922. The summed E-state index contributed by atoms with van der Waals surface area (Å²) < 4.78 is 7.91. The van der Waals surface area contributed by atoms with Crippen molar-refractivity contribution in [2.24, 2.45) is 0 Å². The zero-order valence-electron chi connectivity index (χ0n) is 14.0. The number of hydrogen-bond donors (Lipinski definition) is 1. The van der Waals surface area contributed by atoms with Gasteiger partial charge in [-0.15, -0.1) is 0 Å². The molecule has 0 unspecified atom stereocenters. The van der Waals surface area contributed by atoms with Gasteiger partial charge in [-0.2, -0.15) is 0 Å². The third-order valence-corrected chi connectivity index (χ3v) is 4.30. The number of carbonyl (C=O) groups is 1. The van der Waals surface area contributed by atoms with E-state index in [0.717, 1.165) is 27.9 Å². The van der Waals surface area contributed by atoms with Crippen LogP contribution in [0, 0.1) is 0 Å². The summed E-state index contributed by atoms with van der Waals surface area (Å²) in [6.45, 7) is 0.531. The predicted molar refractivity (Wildman–Crippen MR) is 101 cm³/mol. The van der Waals surface area contributed by atoms with Crippen LogP contribution in [0.3, 0.4) is 0 Å². The summed E-state index contributed by atoms with van der Waals surface area (Å²) in [4.78, 5) is 11.0. The topological polar surface area (TPSA) is 51.5 Å². The Morgan fingerprint density at radius 3 is 2.42 bits per heavy atom. The maximum Gasteiger partial charge on any atom is 0.335 e. The van der Waals surface area contributed by atoms with Crippen LogP contribution in [0.25, 0.3) is 16.6 Å². The van der Waals surface area contributed by atoms with E-state index in [-0.39, 0.29) is 5.56 Å². The van der Waals surface area contributed by atoms with Crippen LogP contribution in [-0.4, -0.2) is 15.6 Å². The van der Waals surface area contributed by atoms with Crippen LogP contribution in [0.2, 0.25) is 0 Å². The summed E-state index contributed by atoms with van der Waals surface area (Å²) in [5.41, 5.74) is 3.37. The summed E-state index contributed by atoms with van der Waals surface area (Å²) in [5, 5.41) is 10.1. The van der Waals surface area contributed by atoms with Crippen molar-refractivity contribution in [2.45, 2.75) is 6.61 Å². The molecule has 0 atom stereocenters. The monoisotopic (exact) mass is 343 g/mol. The number of fused-ring (bicyclic) bond motifs is 1. The average Bonchev–Trinajstić information content (AvgIpc) is 3.10. The number of nitrogens with zero attached hydrogens (tertiary/aromatic N) is 1. The molecule has 0 amide bonds. The molecule has 0 bridgehead atoms. The lowest BCUT2D eigenvalue weighted by molar-refractivity contribution is 0.0697. The number of rotatable bonds is 5. The summed E-state index contributed by atoms with van der Waals surface area (Å²) in [6.07, 6.45) is 1.97. The van der Waals surface area contributed by atoms with Crippen molar-refractivity contribution >= 4 is 16.9 Å². The Kier molecular flexibility index (Phi) is 4.15. The molecule has 0 aliphatic rings. The van der Waals surface area contributed by atoms with Crippen molar-refractivity contribution in [3.8, 4) is 11.4 Å². The second-order valence-electron chi connectivity index (χ2n) is 6.03. The maximum atomic E-state index is 11.0. The van der Waals surface area contributed by atoms with E-state index in [0.29, 0.717) is 6.61 Å². The van der Waals surface area contributed by atoms with Crippen molar-refractivity contribution in [3.63, 3.8) is 0 Å². The molecule has 128 valence electrons. The van der Waals surface area contributed by atoms with Gasteiger partial charge in [0.1, 0.15) is 12.4 Å². The highest BCUT2D eigenvalue weighted by atomic mass is 16.5. The molecular formula is C22H17NO3. The Balaban J connectivity index is 1.58. The van der Waals surface area contributed by atoms with Crippen LogP contribution in [0.15, 0.2) is 85.1 Å². The summed E-state index contributed by atoms with van der Waals surface area (Å²) in [7, 11) is 0. The first-order chi connectivity index (χ1) is 12.7. The van der Waals surface area contributed by atoms with Gasteiger partial charge in [0.05, 0.1) is 11.1 Å². The lowest BCUT2D eigenvalue weighted by atomic mass is 10.2. The highest BCUT2D eigenvalue weighted by Crippen LogP contribution is 2.25. The molecule has 0 aliphatic carbocycles. The first-order valence-electron chi connectivity index (χ1n) is 8.32. The highest BCUT2D eigenvalue weighted by Gasteiger charge is 2.07. The molecule has 0 saturated carbocycles. The minimum absolute atomic E-state index is 0.279. The number of benzene rings is 3. The second-order valence-corrected chi connectivity index (χ2v) is 6.03. The average molecular weight is 343 g/mol. The van der Waals surface area contributed by atoms with Crippen LogP contribution in [0.4, 0.5) is 0 Å². The fourth-order valence-corrected chi connectivity index (χ4v) is 2.94. The third kappa shape index (κ3) is 3.17. The largest absolute Gasteiger partial charge is 0.489 e. The fourth-order valence-electron chi connectivity index (χ4n) is 2.94. The number of carboxylic acids is 1. The standard InChI is InChI=1S/C22H17NO3/c24-22(25)17-6-8-19(9-7-17)23-13-12-18-14-20(10-11-21(18)23)26-15-16-4-2-1-3-5-16/h1-14H,15H2,(H,24,25). The molecule has 0 radical (unpaired) electrons. The van der Waals surface area contributed by atoms with E-state index in [2.05, 4.69) is 0 Å². The number of aromatic nitrogens is 1. The van der Waals surface area contributed by atoms with Gasteiger partial charge in [0, 0.05) is 17.3 Å². The van der Waals surface area contributed by atoms with Gasteiger partial charge in [-0.25, -0.2) is 4.79 Å². The molecule has 0 saturated heterocycles. The molecular weight excluding hydrogens is 326 g/mol. The van der Waals surface area contributed by atoms with Crippen molar-refractivity contribution in [2.75, 3.05) is 0 Å². The number of aromatic carboxylic acids is 1. The summed E-state index contributed by atoms with van der Waals surface area (Å²) >= 11 is 0. The molecule has 0 fully saturated rings. The van der Waals surface area contributed by atoms with Gasteiger partial charge in [0.25, 0.3) is 0 Å². The van der Waals surface area contributed by atoms with Crippen LogP contribution < -0.4 is 4.74 Å². The van der Waals surface area contributed by atoms with E-state index in [4.69, 9.17) is 9.84 Å². The van der Waals surface area contributed by atoms with E-state index in [1.165, 1.54) is 0 Å². The molecule has 1 N–H and O–H groups in total. The van der Waals surface area contributed by atoms with E-state index >= 15 is 0 Å². The molecule has 26 heavy (non-hydrogen) atoms. The van der Waals surface area contributed by atoms with Crippen LogP contribution >= 0.6 is 0 Å². The molecule has 0 aliphatic heterocycles. The predicted octanol–water partition coefficient (Wildman–Crippen LogP) is 4.91. The van der Waals surface area contributed by atoms with Gasteiger partial charge >= 0.3 is 5.97 Å². The maximum absolute atomic E-state index is 11.0. The molecule has 0 spiro atoms. The van der Waals surface area contributed by atoms with E-state index in [9.17, 15) is 4.79 Å².